The molecule has 0 bridgehead atoms. The van der Waals surface area contributed by atoms with Crippen LogP contribution in [0.25, 0.3) is 0 Å². The highest BCUT2D eigenvalue weighted by Crippen LogP contribution is 1.82. The first kappa shape index (κ1) is 13.5. The Morgan fingerprint density at radius 3 is 2.47 bits per heavy atom. The summed E-state index contributed by atoms with van der Waals surface area (Å²) in [6.07, 6.45) is 1.08. The molecule has 6 heteroatoms. The van der Waals surface area contributed by atoms with Gasteiger partial charge in [-0.25, -0.2) is 9.59 Å². The minimum Gasteiger partial charge on any atom is -0.450 e. The van der Waals surface area contributed by atoms with Crippen molar-refractivity contribution in [2.75, 3.05) is 26.7 Å². The molecule has 0 atom stereocenters. The van der Waals surface area contributed by atoms with Gasteiger partial charge in [0.2, 0.25) is 0 Å². The number of rotatable bonds is 6. The van der Waals surface area contributed by atoms with Crippen LogP contribution in [-0.4, -0.2) is 38.9 Å². The van der Waals surface area contributed by atoms with E-state index in [1.807, 2.05) is 6.92 Å². The lowest BCUT2D eigenvalue weighted by atomic mass is 10.4. The third kappa shape index (κ3) is 8.86. The van der Waals surface area contributed by atoms with Crippen molar-refractivity contribution in [1.82, 2.24) is 16.0 Å². The Bertz CT molecular complexity index is 197. The molecule has 0 radical (unpaired) electrons. The molecule has 0 aliphatic rings. The van der Waals surface area contributed by atoms with Crippen LogP contribution in [-0.2, 0) is 4.74 Å². The summed E-state index contributed by atoms with van der Waals surface area (Å²) in [6, 6.07) is -0.219. The minimum atomic E-state index is -0.406. The molecule has 0 saturated carbocycles. The van der Waals surface area contributed by atoms with Gasteiger partial charge >= 0.3 is 12.1 Å². The molecule has 3 amide bonds. The molecule has 6 nitrogen and oxygen atoms in total. The Morgan fingerprint density at radius 2 is 1.87 bits per heavy atom. The van der Waals surface area contributed by atoms with Crippen molar-refractivity contribution >= 4 is 12.1 Å². The standard InChI is InChI=1S/C9H19N3O3/c1-3-7-15-9(14)12-6-4-5-11-8(13)10-2/h3-7H2,1-2H3,(H,12,14)(H2,10,11,13). The fourth-order valence-electron chi connectivity index (χ4n) is 0.815. The molecule has 0 aromatic rings. The van der Waals surface area contributed by atoms with Gasteiger partial charge in [-0.2, -0.15) is 0 Å². The third-order valence-electron chi connectivity index (χ3n) is 1.57. The lowest BCUT2D eigenvalue weighted by Crippen LogP contribution is -2.35. The van der Waals surface area contributed by atoms with Gasteiger partial charge in [-0.3, -0.25) is 0 Å². The van der Waals surface area contributed by atoms with Crippen LogP contribution in [0.5, 0.6) is 0 Å². The number of nitrogens with one attached hydrogen (secondary N) is 3. The zero-order chi connectivity index (χ0) is 11.5. The van der Waals surface area contributed by atoms with Crippen LogP contribution in [0.4, 0.5) is 9.59 Å². The fraction of sp³-hybridized carbons (Fsp3) is 0.778. The van der Waals surface area contributed by atoms with Crippen molar-refractivity contribution in [3.8, 4) is 0 Å². The number of carbonyl (C=O) groups is 2. The van der Waals surface area contributed by atoms with Crippen molar-refractivity contribution in [3.05, 3.63) is 0 Å². The molecule has 0 spiro atoms. The van der Waals surface area contributed by atoms with Crippen LogP contribution in [0.2, 0.25) is 0 Å². The molecule has 0 saturated heterocycles. The fourth-order valence-corrected chi connectivity index (χ4v) is 0.815. The summed E-state index contributed by atoms with van der Waals surface area (Å²) in [4.78, 5) is 21.6. The molecule has 0 aromatic carbocycles. The summed E-state index contributed by atoms with van der Waals surface area (Å²) in [5, 5.41) is 7.61. The number of hydrogen-bond acceptors (Lipinski definition) is 3. The number of carbonyl (C=O) groups excluding carboxylic acids is 2. The Hall–Kier alpha value is -1.46. The zero-order valence-corrected chi connectivity index (χ0v) is 9.26. The Kier molecular flexibility index (Phi) is 8.22. The van der Waals surface area contributed by atoms with Gasteiger partial charge < -0.3 is 20.7 Å². The summed E-state index contributed by atoms with van der Waals surface area (Å²) in [5.41, 5.74) is 0. The van der Waals surface area contributed by atoms with Gasteiger partial charge in [-0.15, -0.1) is 0 Å². The smallest absolute Gasteiger partial charge is 0.407 e. The van der Waals surface area contributed by atoms with Crippen molar-refractivity contribution < 1.29 is 14.3 Å². The van der Waals surface area contributed by atoms with E-state index in [-0.39, 0.29) is 6.03 Å². The summed E-state index contributed by atoms with van der Waals surface area (Å²) < 4.78 is 4.79. The SMILES string of the molecule is CCCOC(=O)NCCCNC(=O)NC. The predicted octanol–water partition coefficient (Wildman–Crippen LogP) is 0.442. The third-order valence-corrected chi connectivity index (χ3v) is 1.57. The molecule has 0 aliphatic heterocycles. The summed E-state index contributed by atoms with van der Waals surface area (Å²) >= 11 is 0. The van der Waals surface area contributed by atoms with Gasteiger partial charge in [0.1, 0.15) is 0 Å². The Balaban J connectivity index is 3.23. The van der Waals surface area contributed by atoms with E-state index in [0.717, 1.165) is 6.42 Å². The van der Waals surface area contributed by atoms with E-state index in [9.17, 15) is 9.59 Å². The number of alkyl carbamates (subject to hydrolysis) is 1. The second-order valence-electron chi connectivity index (χ2n) is 2.92. The highest BCUT2D eigenvalue weighted by atomic mass is 16.5. The largest absolute Gasteiger partial charge is 0.450 e. The van der Waals surface area contributed by atoms with E-state index in [2.05, 4.69) is 16.0 Å². The van der Waals surface area contributed by atoms with Crippen LogP contribution in [0.1, 0.15) is 19.8 Å². The van der Waals surface area contributed by atoms with E-state index >= 15 is 0 Å². The highest BCUT2D eigenvalue weighted by Gasteiger charge is 1.99. The molecule has 0 rings (SSSR count). The second kappa shape index (κ2) is 9.11. The van der Waals surface area contributed by atoms with Crippen LogP contribution >= 0.6 is 0 Å². The van der Waals surface area contributed by atoms with E-state index in [1.165, 1.54) is 0 Å². The lowest BCUT2D eigenvalue weighted by Gasteiger charge is -2.06. The van der Waals surface area contributed by atoms with Gasteiger partial charge in [-0.1, -0.05) is 6.92 Å². The van der Waals surface area contributed by atoms with Gasteiger partial charge in [0.15, 0.2) is 0 Å². The average molecular weight is 217 g/mol. The maximum absolute atomic E-state index is 10.9. The number of urea groups is 1. The average Bonchev–Trinajstić information content (AvgIpc) is 2.25. The van der Waals surface area contributed by atoms with Crippen LogP contribution in [0.15, 0.2) is 0 Å². The van der Waals surface area contributed by atoms with E-state index < -0.39 is 6.09 Å². The number of hydrogen-bond donors (Lipinski definition) is 3. The van der Waals surface area contributed by atoms with Crippen LogP contribution in [0.3, 0.4) is 0 Å². The van der Waals surface area contributed by atoms with Gasteiger partial charge in [-0.05, 0) is 12.8 Å². The molecular weight excluding hydrogens is 198 g/mol. The van der Waals surface area contributed by atoms with E-state index in [1.54, 1.807) is 7.05 Å². The summed E-state index contributed by atoms with van der Waals surface area (Å²) in [6.45, 7) is 3.38. The molecule has 88 valence electrons. The van der Waals surface area contributed by atoms with E-state index in [4.69, 9.17) is 4.74 Å². The molecule has 3 N–H and O–H groups in total. The molecule has 15 heavy (non-hydrogen) atoms. The van der Waals surface area contributed by atoms with Crippen LogP contribution in [0, 0.1) is 0 Å². The normalized spacial score (nSPS) is 9.20. The van der Waals surface area contributed by atoms with Gasteiger partial charge in [0.05, 0.1) is 6.61 Å². The maximum Gasteiger partial charge on any atom is 0.407 e. The van der Waals surface area contributed by atoms with Crippen molar-refractivity contribution in [3.63, 3.8) is 0 Å². The zero-order valence-electron chi connectivity index (χ0n) is 9.26. The monoisotopic (exact) mass is 217 g/mol. The van der Waals surface area contributed by atoms with Crippen molar-refractivity contribution in [1.29, 1.82) is 0 Å². The second-order valence-corrected chi connectivity index (χ2v) is 2.92. The van der Waals surface area contributed by atoms with Crippen molar-refractivity contribution in [2.24, 2.45) is 0 Å². The minimum absolute atomic E-state index is 0.219. The first-order chi connectivity index (χ1) is 7.20. The molecule has 0 fully saturated rings. The summed E-state index contributed by atoms with van der Waals surface area (Å²) in [7, 11) is 1.55. The van der Waals surface area contributed by atoms with Gasteiger partial charge in [0.25, 0.3) is 0 Å². The summed E-state index contributed by atoms with van der Waals surface area (Å²) in [5.74, 6) is 0. The molecule has 0 heterocycles. The predicted molar refractivity (Wildman–Crippen MR) is 56.7 cm³/mol. The quantitative estimate of drug-likeness (QED) is 0.565. The Morgan fingerprint density at radius 1 is 1.20 bits per heavy atom. The van der Waals surface area contributed by atoms with Crippen LogP contribution < -0.4 is 16.0 Å². The molecule has 0 aliphatic carbocycles. The topological polar surface area (TPSA) is 79.5 Å². The lowest BCUT2D eigenvalue weighted by molar-refractivity contribution is 0.146. The highest BCUT2D eigenvalue weighted by molar-refractivity contribution is 5.73. The number of ether oxygens (including phenoxy) is 1. The molecule has 0 aromatic heterocycles. The Labute approximate surface area is 89.7 Å². The van der Waals surface area contributed by atoms with Gasteiger partial charge in [0, 0.05) is 20.1 Å². The first-order valence-corrected chi connectivity index (χ1v) is 5.07. The van der Waals surface area contributed by atoms with E-state index in [0.29, 0.717) is 26.1 Å². The van der Waals surface area contributed by atoms with Crippen molar-refractivity contribution in [2.45, 2.75) is 19.8 Å². The molecule has 0 unspecified atom stereocenters. The number of amides is 3. The molecular formula is C9H19N3O3. The maximum atomic E-state index is 10.9. The first-order valence-electron chi connectivity index (χ1n) is 5.07.